The van der Waals surface area contributed by atoms with E-state index in [9.17, 15) is 10.1 Å². The lowest BCUT2D eigenvalue weighted by Gasteiger charge is -2.21. The molecular formula is C25H28N6O2. The molecular weight excluding hydrogens is 416 g/mol. The van der Waals surface area contributed by atoms with Gasteiger partial charge in [-0.3, -0.25) is 10.2 Å². The molecule has 1 saturated heterocycles. The number of carbonyl (C=O) groups is 1. The lowest BCUT2D eigenvalue weighted by Crippen LogP contribution is -2.42. The van der Waals surface area contributed by atoms with E-state index in [2.05, 4.69) is 38.8 Å². The molecule has 2 amide bonds. The number of methoxy groups -OCH3 is 1. The highest BCUT2D eigenvalue weighted by atomic mass is 16.5. The van der Waals surface area contributed by atoms with Crippen LogP contribution in [0.2, 0.25) is 0 Å². The number of aromatic nitrogens is 2. The number of urea groups is 1. The number of rotatable bonds is 7. The number of para-hydroxylation sites is 1. The van der Waals surface area contributed by atoms with Gasteiger partial charge < -0.3 is 10.1 Å². The summed E-state index contributed by atoms with van der Waals surface area (Å²) >= 11 is 0. The molecule has 0 saturated carbocycles. The van der Waals surface area contributed by atoms with Crippen LogP contribution in [0, 0.1) is 18.3 Å². The Morgan fingerprint density at radius 2 is 1.85 bits per heavy atom. The fourth-order valence-corrected chi connectivity index (χ4v) is 4.32. The summed E-state index contributed by atoms with van der Waals surface area (Å²) in [5, 5.41) is 20.2. The normalized spacial score (nSPS) is 18.1. The Hall–Kier alpha value is -3.67. The molecule has 1 fully saturated rings. The van der Waals surface area contributed by atoms with Crippen LogP contribution in [0.1, 0.15) is 22.7 Å². The lowest BCUT2D eigenvalue weighted by molar-refractivity contribution is 0.159. The molecule has 1 aliphatic rings. The van der Waals surface area contributed by atoms with Gasteiger partial charge >= 0.3 is 6.03 Å². The fourth-order valence-electron chi connectivity index (χ4n) is 4.32. The Bertz CT molecular complexity index is 1120. The van der Waals surface area contributed by atoms with Crippen molar-refractivity contribution in [2.75, 3.05) is 38.7 Å². The quantitative estimate of drug-likeness (QED) is 0.583. The first-order valence-electron chi connectivity index (χ1n) is 11.0. The molecule has 1 aromatic heterocycles. The van der Waals surface area contributed by atoms with Crippen LogP contribution in [0.5, 0.6) is 0 Å². The molecule has 0 spiro atoms. The summed E-state index contributed by atoms with van der Waals surface area (Å²) in [4.78, 5) is 15.4. The maximum absolute atomic E-state index is 13.1. The fraction of sp³-hybridized carbons (Fsp3) is 0.320. The summed E-state index contributed by atoms with van der Waals surface area (Å²) in [7, 11) is 1.69. The summed E-state index contributed by atoms with van der Waals surface area (Å²) in [6.07, 6.45) is 0. The Labute approximate surface area is 193 Å². The van der Waals surface area contributed by atoms with Crippen molar-refractivity contribution in [3.05, 3.63) is 77.5 Å². The van der Waals surface area contributed by atoms with Crippen LogP contribution in [0.4, 0.5) is 10.6 Å². The van der Waals surface area contributed by atoms with E-state index in [1.807, 2.05) is 48.5 Å². The lowest BCUT2D eigenvalue weighted by atomic mass is 9.94. The molecule has 170 valence electrons. The van der Waals surface area contributed by atoms with Crippen LogP contribution < -0.4 is 10.6 Å². The molecule has 1 aliphatic heterocycles. The van der Waals surface area contributed by atoms with Crippen molar-refractivity contribution in [2.24, 2.45) is 0 Å². The molecule has 0 aliphatic carbocycles. The first kappa shape index (κ1) is 22.5. The van der Waals surface area contributed by atoms with E-state index in [1.54, 1.807) is 18.7 Å². The van der Waals surface area contributed by atoms with Crippen LogP contribution in [0.25, 0.3) is 5.69 Å². The second-order valence-electron chi connectivity index (χ2n) is 8.14. The monoisotopic (exact) mass is 444 g/mol. The molecule has 8 nitrogen and oxygen atoms in total. The maximum atomic E-state index is 13.1. The van der Waals surface area contributed by atoms with Crippen molar-refractivity contribution < 1.29 is 9.53 Å². The van der Waals surface area contributed by atoms with Crippen molar-refractivity contribution in [3.8, 4) is 11.8 Å². The molecule has 2 heterocycles. The number of nitriles is 1. The number of aryl methyl sites for hydroxylation is 1. The van der Waals surface area contributed by atoms with E-state index >= 15 is 0 Å². The zero-order valence-corrected chi connectivity index (χ0v) is 18.9. The van der Waals surface area contributed by atoms with E-state index in [1.165, 1.54) is 5.56 Å². The van der Waals surface area contributed by atoms with Gasteiger partial charge in [0, 0.05) is 32.7 Å². The van der Waals surface area contributed by atoms with Crippen LogP contribution >= 0.6 is 0 Å². The van der Waals surface area contributed by atoms with E-state index in [-0.39, 0.29) is 18.0 Å². The second kappa shape index (κ2) is 10.3. The highest BCUT2D eigenvalue weighted by Gasteiger charge is 2.35. The Morgan fingerprint density at radius 1 is 1.15 bits per heavy atom. The van der Waals surface area contributed by atoms with Gasteiger partial charge in [-0.05, 0) is 24.6 Å². The average Bonchev–Trinajstić information content (AvgIpc) is 3.38. The largest absolute Gasteiger partial charge is 0.383 e. The van der Waals surface area contributed by atoms with Crippen molar-refractivity contribution in [1.82, 2.24) is 20.0 Å². The molecule has 2 N–H and O–H groups in total. The SMILES string of the molecule is COCCN1CC(c2ccccc2)[C@H](NC(=O)Nc2c(C#N)c(C)nn2-c2ccccc2)C1. The van der Waals surface area contributed by atoms with Gasteiger partial charge in [-0.15, -0.1) is 0 Å². The molecule has 0 radical (unpaired) electrons. The van der Waals surface area contributed by atoms with Crippen molar-refractivity contribution >= 4 is 11.8 Å². The molecule has 2 aromatic carbocycles. The van der Waals surface area contributed by atoms with E-state index in [0.717, 1.165) is 25.3 Å². The van der Waals surface area contributed by atoms with Crippen LogP contribution in [0.15, 0.2) is 60.7 Å². The third kappa shape index (κ3) is 5.06. The number of hydrogen-bond donors (Lipinski definition) is 2. The summed E-state index contributed by atoms with van der Waals surface area (Å²) in [5.41, 5.74) is 2.86. The van der Waals surface area contributed by atoms with Gasteiger partial charge in [-0.1, -0.05) is 48.5 Å². The molecule has 4 rings (SSSR count). The molecule has 2 atom stereocenters. The summed E-state index contributed by atoms with van der Waals surface area (Å²) in [6.45, 7) is 4.76. The summed E-state index contributed by atoms with van der Waals surface area (Å²) in [6, 6.07) is 21.4. The van der Waals surface area contributed by atoms with Crippen molar-refractivity contribution in [3.63, 3.8) is 0 Å². The molecule has 33 heavy (non-hydrogen) atoms. The number of nitrogens with zero attached hydrogens (tertiary/aromatic N) is 4. The van der Waals surface area contributed by atoms with Gasteiger partial charge in [-0.2, -0.15) is 10.4 Å². The highest BCUT2D eigenvalue weighted by Crippen LogP contribution is 2.28. The standard InChI is InChI=1S/C25H28N6O2/c1-18-21(15-26)24(31(29-18)20-11-7-4-8-12-20)28-25(32)27-23-17-30(13-14-33-2)16-22(23)19-9-5-3-6-10-19/h3-12,22-23H,13-14,16-17H2,1-2H3,(H2,27,28,32)/t22?,23-/m1/s1. The highest BCUT2D eigenvalue weighted by molar-refractivity contribution is 5.90. The van der Waals surface area contributed by atoms with Crippen molar-refractivity contribution in [2.45, 2.75) is 18.9 Å². The van der Waals surface area contributed by atoms with Gasteiger partial charge in [0.15, 0.2) is 5.82 Å². The number of anilines is 1. The molecule has 8 heteroatoms. The molecule has 1 unspecified atom stereocenters. The van der Waals surface area contributed by atoms with Crippen LogP contribution in [-0.4, -0.2) is 60.1 Å². The number of likely N-dealkylation sites (tertiary alicyclic amines) is 1. The third-order valence-electron chi connectivity index (χ3n) is 5.96. The first-order chi connectivity index (χ1) is 16.1. The van der Waals surface area contributed by atoms with Crippen LogP contribution in [0.3, 0.4) is 0 Å². The van der Waals surface area contributed by atoms with E-state index < -0.39 is 0 Å². The predicted octanol–water partition coefficient (Wildman–Crippen LogP) is 3.29. The number of ether oxygens (including phenoxy) is 1. The van der Waals surface area contributed by atoms with Crippen molar-refractivity contribution in [1.29, 1.82) is 5.26 Å². The topological polar surface area (TPSA) is 95.2 Å². The Kier molecular flexibility index (Phi) is 7.03. The van der Waals surface area contributed by atoms with Gasteiger partial charge in [0.1, 0.15) is 11.6 Å². The number of benzene rings is 2. The number of carbonyl (C=O) groups excluding carboxylic acids is 1. The molecule has 0 bridgehead atoms. The number of amides is 2. The Morgan fingerprint density at radius 3 is 2.52 bits per heavy atom. The van der Waals surface area contributed by atoms with Gasteiger partial charge in [0.25, 0.3) is 0 Å². The van der Waals surface area contributed by atoms with E-state index in [4.69, 9.17) is 4.74 Å². The van der Waals surface area contributed by atoms with E-state index in [0.29, 0.717) is 23.7 Å². The van der Waals surface area contributed by atoms with Gasteiger partial charge in [0.05, 0.1) is 24.0 Å². The van der Waals surface area contributed by atoms with Gasteiger partial charge in [0.2, 0.25) is 0 Å². The number of nitrogens with one attached hydrogen (secondary N) is 2. The zero-order chi connectivity index (χ0) is 23.2. The average molecular weight is 445 g/mol. The molecule has 3 aromatic rings. The first-order valence-corrected chi connectivity index (χ1v) is 11.0. The third-order valence-corrected chi connectivity index (χ3v) is 5.96. The zero-order valence-electron chi connectivity index (χ0n) is 18.9. The minimum Gasteiger partial charge on any atom is -0.383 e. The number of hydrogen-bond acceptors (Lipinski definition) is 5. The maximum Gasteiger partial charge on any atom is 0.320 e. The predicted molar refractivity (Wildman–Crippen MR) is 126 cm³/mol. The minimum atomic E-state index is -0.358. The van der Waals surface area contributed by atoms with Gasteiger partial charge in [-0.25, -0.2) is 9.48 Å². The Balaban J connectivity index is 1.55. The summed E-state index contributed by atoms with van der Waals surface area (Å²) < 4.78 is 6.84. The minimum absolute atomic E-state index is 0.0796. The van der Waals surface area contributed by atoms with Crippen LogP contribution in [-0.2, 0) is 4.74 Å². The second-order valence-corrected chi connectivity index (χ2v) is 8.14. The smallest absolute Gasteiger partial charge is 0.320 e. The summed E-state index contributed by atoms with van der Waals surface area (Å²) in [5.74, 6) is 0.522.